The van der Waals surface area contributed by atoms with Gasteiger partial charge in [-0.15, -0.1) is 11.3 Å². The van der Waals surface area contributed by atoms with Gasteiger partial charge in [0.25, 0.3) is 0 Å². The number of nitrogens with zero attached hydrogens (tertiary/aromatic N) is 2. The Morgan fingerprint density at radius 1 is 0.542 bits per heavy atom. The Bertz CT molecular complexity index is 2770. The minimum Gasteiger partial charge on any atom is -0.227 e. The highest BCUT2D eigenvalue weighted by Crippen LogP contribution is 2.53. The lowest BCUT2D eigenvalue weighted by Gasteiger charge is -2.29. The van der Waals surface area contributed by atoms with Gasteiger partial charge < -0.3 is 0 Å². The van der Waals surface area contributed by atoms with E-state index in [4.69, 9.17) is 9.97 Å². The number of hydrogen-bond acceptors (Lipinski definition) is 3. The summed E-state index contributed by atoms with van der Waals surface area (Å²) in [6, 6.07) is 48.9. The zero-order chi connectivity index (χ0) is 32.0. The molecule has 0 bridgehead atoms. The monoisotopic (exact) mass is 632 g/mol. The summed E-state index contributed by atoms with van der Waals surface area (Å²) in [4.78, 5) is 10.9. The number of benzene rings is 7. The molecular weight excluding hydrogens is 601 g/mol. The smallest absolute Gasteiger partial charge is 0.160 e. The molecule has 2 nitrogen and oxygen atoms in total. The van der Waals surface area contributed by atoms with Gasteiger partial charge in [0, 0.05) is 42.1 Å². The first kappa shape index (κ1) is 27.7. The molecule has 2 aromatic heterocycles. The average Bonchev–Trinajstić information content (AvgIpc) is 3.68. The van der Waals surface area contributed by atoms with E-state index in [1.54, 1.807) is 0 Å². The maximum atomic E-state index is 5.48. The highest BCUT2D eigenvalue weighted by molar-refractivity contribution is 7.26. The summed E-state index contributed by atoms with van der Waals surface area (Å²) in [5, 5.41) is 8.55. The van der Waals surface area contributed by atoms with Crippen molar-refractivity contribution >= 4 is 64.0 Å². The zero-order valence-corrected chi connectivity index (χ0v) is 27.7. The summed E-state index contributed by atoms with van der Waals surface area (Å²) < 4.78 is 2.56. The van der Waals surface area contributed by atoms with Crippen LogP contribution in [0.1, 0.15) is 37.8 Å². The molecular formula is C45H32N2S. The van der Waals surface area contributed by atoms with Crippen LogP contribution in [0.15, 0.2) is 133 Å². The minimum atomic E-state index is 0.0372. The Labute approximate surface area is 283 Å². The van der Waals surface area contributed by atoms with Gasteiger partial charge in [-0.2, -0.15) is 0 Å². The predicted molar refractivity (Wildman–Crippen MR) is 205 cm³/mol. The van der Waals surface area contributed by atoms with Crippen LogP contribution < -0.4 is 0 Å². The summed E-state index contributed by atoms with van der Waals surface area (Å²) in [7, 11) is 0. The molecule has 9 aromatic rings. The van der Waals surface area contributed by atoms with E-state index in [9.17, 15) is 0 Å². The van der Waals surface area contributed by atoms with Crippen molar-refractivity contribution in [2.45, 2.75) is 32.1 Å². The van der Waals surface area contributed by atoms with Gasteiger partial charge in [-0.05, 0) is 80.9 Å². The third-order valence-electron chi connectivity index (χ3n) is 10.9. The van der Waals surface area contributed by atoms with Crippen molar-refractivity contribution in [1.82, 2.24) is 9.97 Å². The largest absolute Gasteiger partial charge is 0.227 e. The molecule has 3 heteroatoms. The van der Waals surface area contributed by atoms with Gasteiger partial charge in [0.05, 0.1) is 11.2 Å². The second-order valence-corrected chi connectivity index (χ2v) is 14.2. The third kappa shape index (κ3) is 3.80. The molecule has 7 aromatic carbocycles. The van der Waals surface area contributed by atoms with E-state index < -0.39 is 0 Å². The molecule has 1 aliphatic carbocycles. The van der Waals surface area contributed by atoms with Crippen LogP contribution in [-0.4, -0.2) is 9.97 Å². The quantitative estimate of drug-likeness (QED) is 0.193. The van der Waals surface area contributed by atoms with Crippen LogP contribution in [0.4, 0.5) is 0 Å². The molecule has 0 aliphatic heterocycles. The van der Waals surface area contributed by atoms with Crippen molar-refractivity contribution < 1.29 is 0 Å². The molecule has 1 aliphatic rings. The Balaban J connectivity index is 1.29. The van der Waals surface area contributed by atoms with Gasteiger partial charge in [0.2, 0.25) is 0 Å². The first-order valence-electron chi connectivity index (χ1n) is 17.0. The van der Waals surface area contributed by atoms with Gasteiger partial charge in [0.15, 0.2) is 5.82 Å². The summed E-state index contributed by atoms with van der Waals surface area (Å²) in [5.41, 5.74) is 9.70. The summed E-state index contributed by atoms with van der Waals surface area (Å²) in [6.45, 7) is 4.65. The molecule has 0 fully saturated rings. The molecule has 0 amide bonds. The fourth-order valence-corrected chi connectivity index (χ4v) is 9.72. The Morgan fingerprint density at radius 3 is 2.12 bits per heavy atom. The lowest BCUT2D eigenvalue weighted by molar-refractivity contribution is 0.490. The van der Waals surface area contributed by atoms with Crippen molar-refractivity contribution in [2.75, 3.05) is 0 Å². The molecule has 2 heterocycles. The lowest BCUT2D eigenvalue weighted by atomic mass is 9.74. The van der Waals surface area contributed by atoms with Crippen LogP contribution in [-0.2, 0) is 5.41 Å². The molecule has 48 heavy (non-hydrogen) atoms. The normalized spacial score (nSPS) is 13.5. The van der Waals surface area contributed by atoms with Crippen LogP contribution >= 0.6 is 11.3 Å². The molecule has 0 saturated heterocycles. The van der Waals surface area contributed by atoms with Crippen molar-refractivity contribution in [3.05, 3.63) is 145 Å². The van der Waals surface area contributed by atoms with Crippen molar-refractivity contribution in [3.63, 3.8) is 0 Å². The third-order valence-corrected chi connectivity index (χ3v) is 12.2. The maximum Gasteiger partial charge on any atom is 0.160 e. The lowest BCUT2D eigenvalue weighted by Crippen LogP contribution is -2.22. The van der Waals surface area contributed by atoms with Crippen LogP contribution in [0.25, 0.3) is 86.4 Å². The standard InChI is InChI=1S/C45H32N2S/c1-3-45(4-2)37-16-10-9-15-33(37)36-26-31(20-23-38(36)45)44-46-41(30-18-17-27-11-5-6-13-29(27)25-30)35-22-24-39-40(42(35)47-44)34-21-19-28-12-7-8-14-32(28)43(34)48-39/h5-26H,3-4H2,1-2H3. The van der Waals surface area contributed by atoms with Gasteiger partial charge in [-0.3, -0.25) is 0 Å². The molecule has 0 unspecified atom stereocenters. The molecule has 10 rings (SSSR count). The van der Waals surface area contributed by atoms with E-state index in [1.165, 1.54) is 64.0 Å². The number of rotatable bonds is 4. The van der Waals surface area contributed by atoms with Gasteiger partial charge in [0.1, 0.15) is 0 Å². The van der Waals surface area contributed by atoms with E-state index >= 15 is 0 Å². The second kappa shape index (κ2) is 10.3. The highest BCUT2D eigenvalue weighted by atomic mass is 32.1. The SMILES string of the molecule is CCC1(CC)c2ccccc2-c2cc(-c3nc(-c4ccc5ccccc5c4)c4ccc5sc6c7ccccc7ccc6c5c4n3)ccc21. The van der Waals surface area contributed by atoms with Crippen LogP contribution in [0.3, 0.4) is 0 Å². The zero-order valence-electron chi connectivity index (χ0n) is 26.9. The van der Waals surface area contributed by atoms with Crippen LogP contribution in [0.2, 0.25) is 0 Å². The van der Waals surface area contributed by atoms with Crippen LogP contribution in [0, 0.1) is 0 Å². The number of fused-ring (bicyclic) bond motifs is 11. The van der Waals surface area contributed by atoms with Crippen molar-refractivity contribution in [3.8, 4) is 33.8 Å². The number of aromatic nitrogens is 2. The predicted octanol–water partition coefficient (Wildman–Crippen LogP) is 12.7. The highest BCUT2D eigenvalue weighted by Gasteiger charge is 2.40. The van der Waals surface area contributed by atoms with Crippen LogP contribution in [0.5, 0.6) is 0 Å². The first-order valence-corrected chi connectivity index (χ1v) is 17.8. The van der Waals surface area contributed by atoms with E-state index in [0.29, 0.717) is 0 Å². The van der Waals surface area contributed by atoms with E-state index in [-0.39, 0.29) is 5.41 Å². The van der Waals surface area contributed by atoms with Crippen molar-refractivity contribution in [2.24, 2.45) is 0 Å². The summed E-state index contributed by atoms with van der Waals surface area (Å²) >= 11 is 1.86. The average molecular weight is 633 g/mol. The Hall–Kier alpha value is -5.38. The fraction of sp³-hybridized carbons (Fsp3) is 0.111. The van der Waals surface area contributed by atoms with E-state index in [0.717, 1.165) is 46.4 Å². The topological polar surface area (TPSA) is 25.8 Å². The molecule has 0 atom stereocenters. The van der Waals surface area contributed by atoms with Gasteiger partial charge in [-0.25, -0.2) is 9.97 Å². The molecule has 0 radical (unpaired) electrons. The first-order chi connectivity index (χ1) is 23.7. The summed E-state index contributed by atoms with van der Waals surface area (Å²) in [5.74, 6) is 0.768. The Kier molecular flexibility index (Phi) is 5.95. The number of thiophene rings is 1. The summed E-state index contributed by atoms with van der Waals surface area (Å²) in [6.07, 6.45) is 2.15. The van der Waals surface area contributed by atoms with Crippen molar-refractivity contribution in [1.29, 1.82) is 0 Å². The molecule has 0 N–H and O–H groups in total. The molecule has 228 valence electrons. The minimum absolute atomic E-state index is 0.0372. The maximum absolute atomic E-state index is 5.48. The second-order valence-electron chi connectivity index (χ2n) is 13.2. The van der Waals surface area contributed by atoms with Gasteiger partial charge in [-0.1, -0.05) is 123 Å². The van der Waals surface area contributed by atoms with E-state index in [2.05, 4.69) is 147 Å². The van der Waals surface area contributed by atoms with E-state index in [1.807, 2.05) is 11.3 Å². The Morgan fingerprint density at radius 2 is 1.25 bits per heavy atom. The number of hydrogen-bond donors (Lipinski definition) is 0. The van der Waals surface area contributed by atoms with Gasteiger partial charge >= 0.3 is 0 Å². The molecule has 0 spiro atoms. The fourth-order valence-electron chi connectivity index (χ4n) is 8.48. The molecule has 0 saturated carbocycles.